The van der Waals surface area contributed by atoms with Crippen LogP contribution >= 0.6 is 0 Å². The van der Waals surface area contributed by atoms with Gasteiger partial charge in [-0.25, -0.2) is 0 Å². The summed E-state index contributed by atoms with van der Waals surface area (Å²) < 4.78 is 7.18. The van der Waals surface area contributed by atoms with Gasteiger partial charge in [0, 0.05) is 100 Å². The summed E-state index contributed by atoms with van der Waals surface area (Å²) >= 11 is 0. The van der Waals surface area contributed by atoms with Crippen LogP contribution in [0.15, 0.2) is 85.2 Å². The van der Waals surface area contributed by atoms with Crippen molar-refractivity contribution in [2.24, 2.45) is 34.8 Å². The number of carbonyl (C=O) groups excluding carboxylic acids is 16. The van der Waals surface area contributed by atoms with Gasteiger partial charge in [-0.1, -0.05) is 116 Å². The van der Waals surface area contributed by atoms with Gasteiger partial charge in [-0.15, -0.1) is 0 Å². The number of piperidine rings is 1. The number of aliphatic carboxylic acids is 1. The highest BCUT2D eigenvalue weighted by atomic mass is 16.5. The summed E-state index contributed by atoms with van der Waals surface area (Å²) in [6.07, 6.45) is 1.99. The average molecular weight is 1840 g/mol. The SMILES string of the molecule is CCCC[C@H]1C(=O)N(C)[C@@H](CCCC)C(=O)N[C@@H](CC(C)C)C(=O)N[C@H](C(N)=O)COCC(=O)N[C@@H](Cc2ccc(O)cc2)C(=O)N2CCCC[C@H]2C(=O)N[C@@H](CC(N)=O)C(=O)N2CCC[C@H]2C(=O)N[C@@H](CN)C(=O)N[C@@H](CC(C)C)C(=O)N2C[C@H](O)C[C@H]2C(=O)N[C@@H](Cc2c[nH]c3ccccc23)C(=O)N[C@@H](CCN)C(=O)N[C@@H](Cc2cn(CC(=O)O)c3ccccc23)C(=O)N1C. The van der Waals surface area contributed by atoms with Gasteiger partial charge < -0.3 is 125 Å². The van der Waals surface area contributed by atoms with E-state index in [-0.39, 0.29) is 114 Å². The second kappa shape index (κ2) is 48.5. The van der Waals surface area contributed by atoms with Crippen LogP contribution in [0.5, 0.6) is 5.75 Å². The standard InChI is InChI=1S/C91H130N20O21/c1-9-11-23-70-83(123)99-61(36-50(3)4)80(120)105-68(78(95)118)48-132-49-76(115)97-64(38-52-28-30-55(112)31-29-52)88(128)109-34-18-17-26-71(109)84(124)103-66(42-75(94)114)89(129)110-35-19-27-72(110)85(125)104-67(43-93)82(122)101-63(37-51(5)6)90(130)111-46-56(113)41-74(111)86(126)100-62(39-53-44-96-59-22-15-13-20-57(53)59)81(121)98-60(32-33-92)79(119)102-65(87(127)107(8)73(24-12-10-2)91(131)106(70)7)40-54-45-108(47-77(116)117)69-25-16-14-21-58(54)69/h13-16,20-22,25,28-31,44-45,50-51,56,60-68,70-74,96,112-113H,9-12,17-19,23-24,26-27,32-43,46-49,92-93H2,1-8H3,(H2,94,114)(H2,95,118)(H,97,115)(H,98,121)(H,99,123)(H,100,126)(H,101,122)(H,102,119)(H,103,124)(H,104,125)(H,105,120)(H,116,117)/t56-,60+,61+,62+,63+,64+,65+,66+,67+,68+,70+,71+,72+,73+,74+/m1/s1. The zero-order valence-corrected chi connectivity index (χ0v) is 76.2. The van der Waals surface area contributed by atoms with Crippen molar-refractivity contribution in [3.8, 4) is 5.75 Å². The second-order valence-electron chi connectivity index (χ2n) is 35.4. The lowest BCUT2D eigenvalue weighted by Gasteiger charge is -2.38. The van der Waals surface area contributed by atoms with Gasteiger partial charge in [0.2, 0.25) is 94.5 Å². The maximum atomic E-state index is 15.9. The van der Waals surface area contributed by atoms with Crippen molar-refractivity contribution in [3.05, 3.63) is 102 Å². The van der Waals surface area contributed by atoms with E-state index in [1.54, 1.807) is 82.4 Å². The topological polar surface area (TPSA) is 609 Å². The van der Waals surface area contributed by atoms with Crippen molar-refractivity contribution >= 4 is 122 Å². The van der Waals surface area contributed by atoms with Gasteiger partial charge in [0.25, 0.3) is 0 Å². The fraction of sp³-hybridized carbons (Fsp3) is 0.571. The third-order valence-electron chi connectivity index (χ3n) is 24.4. The molecule has 0 saturated carbocycles. The molecule has 4 fully saturated rings. The summed E-state index contributed by atoms with van der Waals surface area (Å²) in [4.78, 5) is 258. The number of aliphatic hydroxyl groups excluding tert-OH is 1. The van der Waals surface area contributed by atoms with E-state index in [9.17, 15) is 58.5 Å². The number of amides is 16. The van der Waals surface area contributed by atoms with E-state index in [0.717, 1.165) is 14.7 Å². The molecule has 9 rings (SSSR count). The average Bonchev–Trinajstić information content (AvgIpc) is 1.63. The van der Waals surface area contributed by atoms with Gasteiger partial charge in [-0.05, 0) is 124 Å². The largest absolute Gasteiger partial charge is 0.508 e. The summed E-state index contributed by atoms with van der Waals surface area (Å²) in [5.41, 5.74) is 26.5. The zero-order chi connectivity index (χ0) is 96.5. The van der Waals surface area contributed by atoms with Gasteiger partial charge in [-0.2, -0.15) is 0 Å². The molecule has 0 aliphatic carbocycles. The number of fused-ring (bicyclic) bond motifs is 5. The molecule has 21 N–H and O–H groups in total. The minimum Gasteiger partial charge on any atom is -0.508 e. The normalized spacial score (nSPS) is 25.7. The van der Waals surface area contributed by atoms with Gasteiger partial charge in [0.15, 0.2) is 0 Å². The molecule has 41 heteroatoms. The second-order valence-corrected chi connectivity index (χ2v) is 35.4. The first-order chi connectivity index (χ1) is 62.8. The number of nitrogens with two attached hydrogens (primary N) is 4. The van der Waals surface area contributed by atoms with Crippen molar-refractivity contribution in [2.45, 2.75) is 261 Å². The molecule has 720 valence electrons. The molecule has 132 heavy (non-hydrogen) atoms. The Bertz CT molecular complexity index is 4960. The molecule has 2 aromatic heterocycles. The highest BCUT2D eigenvalue weighted by molar-refractivity contribution is 6.02. The number of nitrogens with one attached hydrogen (secondary N) is 10. The summed E-state index contributed by atoms with van der Waals surface area (Å²) in [7, 11) is 2.72. The lowest BCUT2D eigenvalue weighted by atomic mass is 9.97. The third-order valence-corrected chi connectivity index (χ3v) is 24.4. The van der Waals surface area contributed by atoms with E-state index in [0.29, 0.717) is 77.0 Å². The number of hydrogen-bond acceptors (Lipinski definition) is 22. The fourth-order valence-corrected chi connectivity index (χ4v) is 17.5. The number of rotatable bonds is 24. The highest BCUT2D eigenvalue weighted by Gasteiger charge is 2.47. The Labute approximate surface area is 765 Å². The zero-order valence-electron chi connectivity index (χ0n) is 76.2. The first-order valence-corrected chi connectivity index (χ1v) is 45.4. The Morgan fingerprint density at radius 3 is 1.67 bits per heavy atom. The Morgan fingerprint density at radius 1 is 0.515 bits per heavy atom. The molecule has 3 aromatic carbocycles. The van der Waals surface area contributed by atoms with E-state index in [2.05, 4.69) is 52.8 Å². The van der Waals surface area contributed by atoms with Crippen LogP contribution in [0.1, 0.15) is 161 Å². The molecule has 0 spiro atoms. The van der Waals surface area contributed by atoms with Crippen molar-refractivity contribution in [3.63, 3.8) is 0 Å². The molecule has 0 radical (unpaired) electrons. The summed E-state index contributed by atoms with van der Waals surface area (Å²) in [5, 5.41) is 57.1. The van der Waals surface area contributed by atoms with Crippen LogP contribution in [0, 0.1) is 11.8 Å². The first kappa shape index (κ1) is 103. The van der Waals surface area contributed by atoms with Crippen molar-refractivity contribution < 1.29 is 102 Å². The predicted molar refractivity (Wildman–Crippen MR) is 482 cm³/mol. The number of carboxylic acid groups (broad SMARTS) is 1. The van der Waals surface area contributed by atoms with Gasteiger partial charge in [0.05, 0.1) is 19.1 Å². The lowest BCUT2D eigenvalue weighted by molar-refractivity contribution is -0.149. The lowest BCUT2D eigenvalue weighted by Crippen LogP contribution is -2.62. The molecule has 6 heterocycles. The monoisotopic (exact) mass is 1840 g/mol. The summed E-state index contributed by atoms with van der Waals surface area (Å²) in [6.45, 7) is 7.13. The van der Waals surface area contributed by atoms with Crippen molar-refractivity contribution in [2.75, 3.05) is 60.0 Å². The van der Waals surface area contributed by atoms with Gasteiger partial charge in [-0.3, -0.25) is 81.5 Å². The van der Waals surface area contributed by atoms with E-state index in [1.807, 2.05) is 13.8 Å². The van der Waals surface area contributed by atoms with Crippen LogP contribution in [0.3, 0.4) is 0 Å². The van der Waals surface area contributed by atoms with Crippen molar-refractivity contribution in [1.29, 1.82) is 0 Å². The van der Waals surface area contributed by atoms with Crippen LogP contribution in [-0.4, -0.2) is 301 Å². The molecule has 5 aromatic rings. The van der Waals surface area contributed by atoms with E-state index in [1.165, 1.54) is 58.9 Å². The van der Waals surface area contributed by atoms with E-state index >= 15 is 38.4 Å². The number of para-hydroxylation sites is 2. The Balaban J connectivity index is 1.09. The number of primary amides is 2. The number of aliphatic hydroxyl groups is 1. The molecule has 41 nitrogen and oxygen atoms in total. The molecule has 4 aliphatic rings. The highest BCUT2D eigenvalue weighted by Crippen LogP contribution is 2.30. The smallest absolute Gasteiger partial charge is 0.323 e. The number of likely N-dealkylation sites (N-methyl/N-ethyl adjacent to an activating group) is 2. The number of phenolic OH excluding ortho intramolecular Hbond substituents is 1. The maximum Gasteiger partial charge on any atom is 0.323 e. The fourth-order valence-electron chi connectivity index (χ4n) is 17.5. The Hall–Kier alpha value is -12.6. The Kier molecular flexibility index (Phi) is 37.9. The summed E-state index contributed by atoms with van der Waals surface area (Å²) in [5.74, 6) is -16.8. The number of aromatic amines is 1. The van der Waals surface area contributed by atoms with Crippen LogP contribution in [0.4, 0.5) is 0 Å². The third kappa shape index (κ3) is 27.5. The molecule has 4 saturated heterocycles. The van der Waals surface area contributed by atoms with E-state index in [4.69, 9.17) is 27.7 Å². The maximum absolute atomic E-state index is 15.9. The van der Waals surface area contributed by atoms with Crippen molar-refractivity contribution in [1.82, 2.24) is 81.9 Å². The molecule has 4 aliphatic heterocycles. The summed E-state index contributed by atoms with van der Waals surface area (Å²) in [6, 6.07) is -1.74. The van der Waals surface area contributed by atoms with Crippen LogP contribution in [0.25, 0.3) is 21.8 Å². The number of carbonyl (C=O) groups is 17. The van der Waals surface area contributed by atoms with Gasteiger partial charge >= 0.3 is 5.97 Å². The number of benzene rings is 3. The van der Waals surface area contributed by atoms with Crippen LogP contribution in [0.2, 0.25) is 0 Å². The first-order valence-electron chi connectivity index (χ1n) is 45.4. The molecule has 0 bridgehead atoms. The van der Waals surface area contributed by atoms with Gasteiger partial charge in [0.1, 0.15) is 103 Å². The molecule has 0 unspecified atom stereocenters. The number of phenols is 1. The minimum absolute atomic E-state index is 0.000139. The van der Waals surface area contributed by atoms with Crippen LogP contribution in [-0.2, 0) is 112 Å². The molecular weight excluding hydrogens is 1710 g/mol. The van der Waals surface area contributed by atoms with Crippen LogP contribution < -0.4 is 70.8 Å². The molecule has 16 amide bonds. The minimum atomic E-state index is -1.74. The Morgan fingerprint density at radius 2 is 1.04 bits per heavy atom. The number of ether oxygens (including phenoxy) is 1. The number of nitrogens with zero attached hydrogens (tertiary/aromatic N) is 6. The number of unbranched alkanes of at least 4 members (excludes halogenated alkanes) is 2. The quantitative estimate of drug-likeness (QED) is 0.0333. The number of carboxylic acids is 1. The number of aromatic nitrogens is 2. The number of hydrogen-bond donors (Lipinski definition) is 17. The predicted octanol–water partition coefficient (Wildman–Crippen LogP) is -1.54. The number of H-pyrrole nitrogens is 1. The molecular formula is C91H130N20O21. The molecule has 15 atom stereocenters. The van der Waals surface area contributed by atoms with E-state index < -0.39 is 230 Å². The number of aromatic hydroxyl groups is 1.